The number of carbonyl (C=O) groups excluding carboxylic acids is 2. The van der Waals surface area contributed by atoms with Gasteiger partial charge in [0.2, 0.25) is 0 Å². The van der Waals surface area contributed by atoms with Crippen molar-refractivity contribution in [2.75, 3.05) is 22.9 Å². The molecule has 0 spiro atoms. The molecule has 1 N–H and O–H groups in total. The highest BCUT2D eigenvalue weighted by molar-refractivity contribution is 6.51. The van der Waals surface area contributed by atoms with Gasteiger partial charge < -0.3 is 10.0 Å². The molecule has 1 saturated heterocycles. The Morgan fingerprint density at radius 1 is 0.917 bits per heavy atom. The Labute approximate surface area is 211 Å². The van der Waals surface area contributed by atoms with Crippen molar-refractivity contribution in [3.05, 3.63) is 99.9 Å². The number of anilines is 2. The van der Waals surface area contributed by atoms with Crippen LogP contribution in [0.5, 0.6) is 0 Å². The van der Waals surface area contributed by atoms with Gasteiger partial charge in [-0.2, -0.15) is 0 Å². The van der Waals surface area contributed by atoms with Crippen LogP contribution in [0, 0.1) is 26.6 Å². The lowest BCUT2D eigenvalue weighted by Crippen LogP contribution is -2.29. The number of aliphatic hydroxyl groups excluding tert-OH is 1. The van der Waals surface area contributed by atoms with E-state index in [9.17, 15) is 19.1 Å². The zero-order chi connectivity index (χ0) is 26.1. The van der Waals surface area contributed by atoms with Crippen molar-refractivity contribution in [1.82, 2.24) is 0 Å². The molecule has 1 unspecified atom stereocenters. The number of amides is 1. The van der Waals surface area contributed by atoms with Gasteiger partial charge >= 0.3 is 0 Å². The van der Waals surface area contributed by atoms with Gasteiger partial charge in [0.05, 0.1) is 11.6 Å². The van der Waals surface area contributed by atoms with Crippen molar-refractivity contribution in [2.24, 2.45) is 0 Å². The fourth-order valence-electron chi connectivity index (χ4n) is 4.91. The first-order valence-corrected chi connectivity index (χ1v) is 12.2. The number of Topliss-reactive ketones (excluding diaryl/α,β-unsaturated/α-hetero) is 1. The maximum atomic E-state index is 13.9. The van der Waals surface area contributed by atoms with E-state index in [0.717, 1.165) is 29.9 Å². The minimum atomic E-state index is -0.831. The summed E-state index contributed by atoms with van der Waals surface area (Å²) in [6.07, 6.45) is 0. The number of aryl methyl sites for hydroxylation is 3. The molecule has 36 heavy (non-hydrogen) atoms. The van der Waals surface area contributed by atoms with Crippen LogP contribution in [0.3, 0.4) is 0 Å². The Kier molecular flexibility index (Phi) is 6.97. The summed E-state index contributed by atoms with van der Waals surface area (Å²) in [5.74, 6) is -2.21. The Bertz CT molecular complexity index is 1340. The van der Waals surface area contributed by atoms with Gasteiger partial charge in [0, 0.05) is 30.0 Å². The molecule has 4 rings (SSSR count). The number of halogens is 1. The maximum Gasteiger partial charge on any atom is 0.300 e. The molecule has 3 aromatic rings. The molecular weight excluding hydrogens is 455 g/mol. The third kappa shape index (κ3) is 4.51. The van der Waals surface area contributed by atoms with Crippen molar-refractivity contribution in [3.63, 3.8) is 0 Å². The van der Waals surface area contributed by atoms with Gasteiger partial charge in [-0.3, -0.25) is 14.5 Å². The molecule has 0 radical (unpaired) electrons. The van der Waals surface area contributed by atoms with Crippen molar-refractivity contribution < 1.29 is 19.1 Å². The molecule has 0 aliphatic carbocycles. The molecule has 0 bridgehead atoms. The SMILES string of the molecule is CCN(CC)c1ccc(C2/C(=C(/O)c3ccc(F)c(C)c3)C(=O)C(=O)N2c2cc(C)cc(C)c2)cc1. The highest BCUT2D eigenvalue weighted by Gasteiger charge is 2.47. The first-order valence-electron chi connectivity index (χ1n) is 12.2. The summed E-state index contributed by atoms with van der Waals surface area (Å²) in [6, 6.07) is 16.7. The first kappa shape index (κ1) is 25.2. The highest BCUT2D eigenvalue weighted by atomic mass is 19.1. The molecule has 1 aliphatic rings. The predicted molar refractivity (Wildman–Crippen MR) is 142 cm³/mol. The second-order valence-corrected chi connectivity index (χ2v) is 9.24. The summed E-state index contributed by atoms with van der Waals surface area (Å²) in [6.45, 7) is 11.3. The lowest BCUT2D eigenvalue weighted by Gasteiger charge is -2.27. The normalized spacial score (nSPS) is 17.1. The van der Waals surface area contributed by atoms with Crippen LogP contribution in [0.15, 0.2) is 66.2 Å². The zero-order valence-corrected chi connectivity index (χ0v) is 21.3. The molecular formula is C30H31FN2O3. The maximum absolute atomic E-state index is 13.9. The van der Waals surface area contributed by atoms with Crippen LogP contribution in [0.2, 0.25) is 0 Å². The van der Waals surface area contributed by atoms with E-state index in [0.29, 0.717) is 16.8 Å². The minimum absolute atomic E-state index is 0.0132. The van der Waals surface area contributed by atoms with E-state index in [1.165, 1.54) is 23.1 Å². The number of rotatable bonds is 6. The number of hydrogen-bond acceptors (Lipinski definition) is 4. The van der Waals surface area contributed by atoms with E-state index in [1.807, 2.05) is 56.3 Å². The Morgan fingerprint density at radius 3 is 2.08 bits per heavy atom. The average molecular weight is 487 g/mol. The van der Waals surface area contributed by atoms with Crippen LogP contribution >= 0.6 is 0 Å². The summed E-state index contributed by atoms with van der Waals surface area (Å²) >= 11 is 0. The molecule has 186 valence electrons. The topological polar surface area (TPSA) is 60.9 Å². The van der Waals surface area contributed by atoms with Crippen molar-refractivity contribution in [2.45, 2.75) is 40.7 Å². The van der Waals surface area contributed by atoms with Crippen LogP contribution in [0.1, 0.15) is 47.7 Å². The van der Waals surface area contributed by atoms with Crippen LogP contribution in [-0.2, 0) is 9.59 Å². The van der Waals surface area contributed by atoms with E-state index in [1.54, 1.807) is 6.92 Å². The third-order valence-electron chi connectivity index (χ3n) is 6.70. The van der Waals surface area contributed by atoms with Crippen molar-refractivity contribution in [3.8, 4) is 0 Å². The van der Waals surface area contributed by atoms with Crippen LogP contribution < -0.4 is 9.80 Å². The number of aliphatic hydroxyl groups is 1. The largest absolute Gasteiger partial charge is 0.507 e. The van der Waals surface area contributed by atoms with Crippen molar-refractivity contribution in [1.29, 1.82) is 0 Å². The van der Waals surface area contributed by atoms with Crippen LogP contribution in [-0.4, -0.2) is 29.9 Å². The van der Waals surface area contributed by atoms with Crippen molar-refractivity contribution >= 4 is 28.8 Å². The summed E-state index contributed by atoms with van der Waals surface area (Å²) in [5, 5.41) is 11.3. The molecule has 1 fully saturated rings. The van der Waals surface area contributed by atoms with Crippen LogP contribution in [0.25, 0.3) is 5.76 Å². The summed E-state index contributed by atoms with van der Waals surface area (Å²) in [5.41, 5.74) is 4.83. The van der Waals surface area contributed by atoms with E-state index >= 15 is 0 Å². The quantitative estimate of drug-likeness (QED) is 0.255. The molecule has 1 amide bonds. The fraction of sp³-hybridized carbons (Fsp3) is 0.267. The number of carbonyl (C=O) groups is 2. The van der Waals surface area contributed by atoms with E-state index in [2.05, 4.69) is 18.7 Å². The molecule has 5 nitrogen and oxygen atoms in total. The summed E-state index contributed by atoms with van der Waals surface area (Å²) in [4.78, 5) is 30.5. The number of ketones is 1. The second-order valence-electron chi connectivity index (χ2n) is 9.24. The lowest BCUT2D eigenvalue weighted by atomic mass is 9.94. The average Bonchev–Trinajstić information content (AvgIpc) is 3.11. The predicted octanol–water partition coefficient (Wildman–Crippen LogP) is 6.22. The molecule has 6 heteroatoms. The minimum Gasteiger partial charge on any atom is -0.507 e. The molecule has 1 heterocycles. The van der Waals surface area contributed by atoms with Gasteiger partial charge in [-0.15, -0.1) is 0 Å². The standard InChI is InChI=1S/C30H31FN2O3/c1-6-32(7-2)23-11-8-21(9-12-23)27-26(28(34)22-10-13-25(31)20(5)17-22)29(35)30(36)33(27)24-15-18(3)14-19(4)16-24/h8-17,27,34H,6-7H2,1-5H3/b28-26-. The number of nitrogens with zero attached hydrogens (tertiary/aromatic N) is 2. The van der Waals surface area contributed by atoms with E-state index < -0.39 is 23.5 Å². The fourth-order valence-corrected chi connectivity index (χ4v) is 4.91. The molecule has 1 aliphatic heterocycles. The van der Waals surface area contributed by atoms with Gasteiger partial charge in [-0.1, -0.05) is 18.2 Å². The molecule has 0 aromatic heterocycles. The van der Waals surface area contributed by atoms with Gasteiger partial charge in [-0.25, -0.2) is 4.39 Å². The van der Waals surface area contributed by atoms with E-state index in [-0.39, 0.29) is 16.9 Å². The zero-order valence-electron chi connectivity index (χ0n) is 21.3. The van der Waals surface area contributed by atoms with Gasteiger partial charge in [0.15, 0.2) is 0 Å². The molecule has 1 atom stereocenters. The first-order chi connectivity index (χ1) is 17.2. The van der Waals surface area contributed by atoms with E-state index in [4.69, 9.17) is 0 Å². The Morgan fingerprint density at radius 2 is 1.53 bits per heavy atom. The lowest BCUT2D eigenvalue weighted by molar-refractivity contribution is -0.132. The molecule has 0 saturated carbocycles. The Balaban J connectivity index is 1.93. The molecule has 3 aromatic carbocycles. The second kappa shape index (κ2) is 9.97. The van der Waals surface area contributed by atoms with Gasteiger partial charge in [0.1, 0.15) is 11.6 Å². The summed E-state index contributed by atoms with van der Waals surface area (Å²) < 4.78 is 13.9. The van der Waals surface area contributed by atoms with Gasteiger partial charge in [-0.05, 0) is 99.3 Å². The third-order valence-corrected chi connectivity index (χ3v) is 6.70. The Hall–Kier alpha value is -3.93. The van der Waals surface area contributed by atoms with Crippen LogP contribution in [0.4, 0.5) is 15.8 Å². The number of benzene rings is 3. The summed E-state index contributed by atoms with van der Waals surface area (Å²) in [7, 11) is 0. The monoisotopic (exact) mass is 486 g/mol. The van der Waals surface area contributed by atoms with Gasteiger partial charge in [0.25, 0.3) is 11.7 Å². The highest BCUT2D eigenvalue weighted by Crippen LogP contribution is 2.43. The smallest absolute Gasteiger partial charge is 0.300 e. The number of hydrogen-bond donors (Lipinski definition) is 1.